The highest BCUT2D eigenvalue weighted by Gasteiger charge is 2.34. The van der Waals surface area contributed by atoms with E-state index in [0.717, 1.165) is 30.7 Å². The third-order valence-corrected chi connectivity index (χ3v) is 5.46. The maximum Gasteiger partial charge on any atom is 0.433 e. The fourth-order valence-electron chi connectivity index (χ4n) is 3.15. The van der Waals surface area contributed by atoms with Crippen molar-refractivity contribution in [2.75, 3.05) is 42.6 Å². The molecule has 2 aliphatic heterocycles. The molecule has 132 valence electrons. The highest BCUT2D eigenvalue weighted by Crippen LogP contribution is 2.30. The number of rotatable bonds is 2. The minimum absolute atomic E-state index is 0.0184. The highest BCUT2D eigenvalue weighted by atomic mass is 32.2. The van der Waals surface area contributed by atoms with Crippen LogP contribution < -0.4 is 4.90 Å². The number of alkyl halides is 3. The molecule has 0 aliphatic carbocycles. The molecule has 0 bridgehead atoms. The van der Waals surface area contributed by atoms with E-state index in [2.05, 4.69) is 4.98 Å². The Morgan fingerprint density at radius 3 is 2.42 bits per heavy atom. The third kappa shape index (κ3) is 3.96. The number of hydrogen-bond donors (Lipinski definition) is 0. The summed E-state index contributed by atoms with van der Waals surface area (Å²) in [7, 11) is 0. The summed E-state index contributed by atoms with van der Waals surface area (Å²) >= 11 is 1.86. The zero-order chi connectivity index (χ0) is 17.2. The topological polar surface area (TPSA) is 36.4 Å². The molecule has 0 unspecified atom stereocenters. The quantitative estimate of drug-likeness (QED) is 0.814. The van der Waals surface area contributed by atoms with Gasteiger partial charge in [-0.25, -0.2) is 4.98 Å². The van der Waals surface area contributed by atoms with Crippen LogP contribution in [0.4, 0.5) is 19.0 Å². The van der Waals surface area contributed by atoms with Gasteiger partial charge in [-0.1, -0.05) is 6.07 Å². The zero-order valence-corrected chi connectivity index (χ0v) is 14.1. The first kappa shape index (κ1) is 17.4. The van der Waals surface area contributed by atoms with Crippen LogP contribution in [0.3, 0.4) is 0 Å². The average molecular weight is 359 g/mol. The standard InChI is InChI=1S/C16H20F3N3OS/c17-16(18,19)13-2-1-3-14(20-13)21-6-4-12(5-7-21)15(23)22-8-10-24-11-9-22/h1-3,12H,4-11H2. The first-order valence-corrected chi connectivity index (χ1v) is 9.26. The molecule has 3 heterocycles. The van der Waals surface area contributed by atoms with Crippen molar-refractivity contribution < 1.29 is 18.0 Å². The Balaban J connectivity index is 1.60. The van der Waals surface area contributed by atoms with Crippen LogP contribution in [0.2, 0.25) is 0 Å². The Morgan fingerprint density at radius 1 is 1.12 bits per heavy atom. The lowest BCUT2D eigenvalue weighted by molar-refractivity contribution is -0.141. The summed E-state index contributed by atoms with van der Waals surface area (Å²) in [6.07, 6.45) is -3.10. The largest absolute Gasteiger partial charge is 0.433 e. The predicted molar refractivity (Wildman–Crippen MR) is 88.1 cm³/mol. The summed E-state index contributed by atoms with van der Waals surface area (Å²) in [5.41, 5.74) is -0.871. The van der Waals surface area contributed by atoms with Crippen LogP contribution in [-0.2, 0) is 11.0 Å². The first-order valence-electron chi connectivity index (χ1n) is 8.11. The summed E-state index contributed by atoms with van der Waals surface area (Å²) in [5, 5.41) is 0. The minimum Gasteiger partial charge on any atom is -0.357 e. The van der Waals surface area contributed by atoms with Crippen molar-refractivity contribution in [1.29, 1.82) is 0 Å². The lowest BCUT2D eigenvalue weighted by Crippen LogP contribution is -2.45. The van der Waals surface area contributed by atoms with Crippen molar-refractivity contribution in [3.05, 3.63) is 23.9 Å². The van der Waals surface area contributed by atoms with Crippen LogP contribution in [0.5, 0.6) is 0 Å². The lowest BCUT2D eigenvalue weighted by atomic mass is 9.95. The molecule has 0 spiro atoms. The molecule has 8 heteroatoms. The Hall–Kier alpha value is -1.44. The average Bonchev–Trinajstić information content (AvgIpc) is 2.61. The number of piperidine rings is 1. The van der Waals surface area contributed by atoms with E-state index in [-0.39, 0.29) is 11.8 Å². The number of carbonyl (C=O) groups excluding carboxylic acids is 1. The normalized spacial score (nSPS) is 20.3. The summed E-state index contributed by atoms with van der Waals surface area (Å²) in [5.74, 6) is 2.49. The second-order valence-corrected chi connectivity index (χ2v) is 7.30. The van der Waals surface area contributed by atoms with E-state index >= 15 is 0 Å². The van der Waals surface area contributed by atoms with Gasteiger partial charge in [0.25, 0.3) is 0 Å². The van der Waals surface area contributed by atoms with Gasteiger partial charge in [0, 0.05) is 43.6 Å². The number of hydrogen-bond acceptors (Lipinski definition) is 4. The lowest BCUT2D eigenvalue weighted by Gasteiger charge is -2.36. The minimum atomic E-state index is -4.43. The van der Waals surface area contributed by atoms with Crippen LogP contribution in [0.1, 0.15) is 18.5 Å². The maximum atomic E-state index is 12.8. The van der Waals surface area contributed by atoms with Gasteiger partial charge in [0.15, 0.2) is 0 Å². The highest BCUT2D eigenvalue weighted by molar-refractivity contribution is 7.99. The molecule has 0 radical (unpaired) electrons. The van der Waals surface area contributed by atoms with E-state index in [9.17, 15) is 18.0 Å². The van der Waals surface area contributed by atoms with Crippen molar-refractivity contribution in [3.63, 3.8) is 0 Å². The van der Waals surface area contributed by atoms with Crippen molar-refractivity contribution in [3.8, 4) is 0 Å². The van der Waals surface area contributed by atoms with E-state index in [1.807, 2.05) is 21.6 Å². The summed E-state index contributed by atoms with van der Waals surface area (Å²) < 4.78 is 38.3. The Kier molecular flexibility index (Phi) is 5.22. The fraction of sp³-hybridized carbons (Fsp3) is 0.625. The number of pyridine rings is 1. The molecule has 2 aliphatic rings. The molecule has 0 saturated carbocycles. The van der Waals surface area contributed by atoms with Crippen LogP contribution >= 0.6 is 11.8 Å². The van der Waals surface area contributed by atoms with Crippen LogP contribution in [0.25, 0.3) is 0 Å². The van der Waals surface area contributed by atoms with Gasteiger partial charge in [-0.15, -0.1) is 0 Å². The van der Waals surface area contributed by atoms with Gasteiger partial charge in [-0.2, -0.15) is 24.9 Å². The molecule has 0 N–H and O–H groups in total. The van der Waals surface area contributed by atoms with Gasteiger partial charge in [0.2, 0.25) is 5.91 Å². The van der Waals surface area contributed by atoms with E-state index in [1.165, 1.54) is 6.07 Å². The van der Waals surface area contributed by atoms with Gasteiger partial charge < -0.3 is 9.80 Å². The predicted octanol–water partition coefficient (Wildman–Crippen LogP) is 2.89. The Bertz CT molecular complexity index is 582. The summed E-state index contributed by atoms with van der Waals surface area (Å²) in [6.45, 7) is 2.73. The van der Waals surface area contributed by atoms with Crippen LogP contribution in [0, 0.1) is 5.92 Å². The van der Waals surface area contributed by atoms with Crippen molar-refractivity contribution in [1.82, 2.24) is 9.88 Å². The number of anilines is 1. The second-order valence-electron chi connectivity index (χ2n) is 6.08. The van der Waals surface area contributed by atoms with Gasteiger partial charge in [0.1, 0.15) is 11.5 Å². The molecular weight excluding hydrogens is 339 g/mol. The first-order chi connectivity index (χ1) is 11.4. The van der Waals surface area contributed by atoms with E-state index in [0.29, 0.717) is 31.7 Å². The van der Waals surface area contributed by atoms with Crippen molar-refractivity contribution in [2.24, 2.45) is 5.92 Å². The zero-order valence-electron chi connectivity index (χ0n) is 13.3. The SMILES string of the molecule is O=C(C1CCN(c2cccc(C(F)(F)F)n2)CC1)N1CCSCC1. The molecule has 0 aromatic carbocycles. The second kappa shape index (κ2) is 7.21. The van der Waals surface area contributed by atoms with E-state index in [4.69, 9.17) is 0 Å². The number of carbonyl (C=O) groups is 1. The van der Waals surface area contributed by atoms with Gasteiger partial charge >= 0.3 is 6.18 Å². The van der Waals surface area contributed by atoms with Crippen molar-refractivity contribution in [2.45, 2.75) is 19.0 Å². The summed E-state index contributed by atoms with van der Waals surface area (Å²) in [6, 6.07) is 3.96. The monoisotopic (exact) mass is 359 g/mol. The van der Waals surface area contributed by atoms with E-state index < -0.39 is 11.9 Å². The van der Waals surface area contributed by atoms with Gasteiger partial charge in [-0.05, 0) is 25.0 Å². The third-order valence-electron chi connectivity index (χ3n) is 4.52. The fourth-order valence-corrected chi connectivity index (χ4v) is 4.06. The molecular formula is C16H20F3N3OS. The molecule has 4 nitrogen and oxygen atoms in total. The molecule has 24 heavy (non-hydrogen) atoms. The van der Waals surface area contributed by atoms with Crippen molar-refractivity contribution >= 4 is 23.5 Å². The van der Waals surface area contributed by atoms with Crippen LogP contribution in [0.15, 0.2) is 18.2 Å². The van der Waals surface area contributed by atoms with Crippen LogP contribution in [-0.4, -0.2) is 53.5 Å². The molecule has 2 saturated heterocycles. The number of aromatic nitrogens is 1. The molecule has 1 aromatic rings. The molecule has 2 fully saturated rings. The Morgan fingerprint density at radius 2 is 1.79 bits per heavy atom. The van der Waals surface area contributed by atoms with E-state index in [1.54, 1.807) is 6.07 Å². The molecule has 0 atom stereocenters. The van der Waals surface area contributed by atoms with Gasteiger partial charge in [0.05, 0.1) is 0 Å². The van der Waals surface area contributed by atoms with Gasteiger partial charge in [-0.3, -0.25) is 4.79 Å². The summed E-state index contributed by atoms with van der Waals surface area (Å²) in [4.78, 5) is 20.0. The maximum absolute atomic E-state index is 12.8. The Labute approximate surface area is 143 Å². The number of amides is 1. The number of thioether (sulfide) groups is 1. The smallest absolute Gasteiger partial charge is 0.357 e. The molecule has 3 rings (SSSR count). The number of halogens is 3. The molecule has 1 aromatic heterocycles. The molecule has 1 amide bonds. The number of nitrogens with zero attached hydrogens (tertiary/aromatic N) is 3.